The summed E-state index contributed by atoms with van der Waals surface area (Å²) in [6.45, 7) is 4.20. The van der Waals surface area contributed by atoms with Crippen molar-refractivity contribution in [1.29, 1.82) is 0 Å². The highest BCUT2D eigenvalue weighted by molar-refractivity contribution is 5.89. The van der Waals surface area contributed by atoms with Gasteiger partial charge in [-0.2, -0.15) is 0 Å². The van der Waals surface area contributed by atoms with Crippen LogP contribution in [0.25, 0.3) is 0 Å². The van der Waals surface area contributed by atoms with E-state index in [2.05, 4.69) is 6.58 Å². The van der Waals surface area contributed by atoms with Crippen molar-refractivity contribution in [2.75, 3.05) is 13.2 Å². The van der Waals surface area contributed by atoms with Crippen molar-refractivity contribution in [1.82, 2.24) is 0 Å². The SMILES string of the molecule is C=CCOC(=O)c1ccc(O[C@@H]2O[C@H](CO)[C@@H](OCc3ccccc3)[C@H](OCc3ccccc3)[C@H]2OCc2ccccc2)cc1. The number of esters is 1. The number of carbonyl (C=O) groups excluding carboxylic acids is 1. The van der Waals surface area contributed by atoms with E-state index in [0.717, 1.165) is 16.7 Å². The summed E-state index contributed by atoms with van der Waals surface area (Å²) in [6.07, 6.45) is -2.35. The van der Waals surface area contributed by atoms with Gasteiger partial charge in [0.2, 0.25) is 6.29 Å². The summed E-state index contributed by atoms with van der Waals surface area (Å²) in [5.41, 5.74) is 3.29. The average Bonchev–Trinajstić information content (AvgIpc) is 3.10. The van der Waals surface area contributed by atoms with Crippen LogP contribution in [0, 0.1) is 0 Å². The Kier molecular flexibility index (Phi) is 11.9. The van der Waals surface area contributed by atoms with Crippen molar-refractivity contribution in [2.45, 2.75) is 50.5 Å². The third-order valence-corrected chi connectivity index (χ3v) is 7.30. The van der Waals surface area contributed by atoms with E-state index in [1.54, 1.807) is 24.3 Å². The van der Waals surface area contributed by atoms with Gasteiger partial charge >= 0.3 is 5.97 Å². The minimum absolute atomic E-state index is 0.119. The summed E-state index contributed by atoms with van der Waals surface area (Å²) in [7, 11) is 0. The third-order valence-electron chi connectivity index (χ3n) is 7.30. The molecule has 1 aliphatic rings. The lowest BCUT2D eigenvalue weighted by Crippen LogP contribution is -2.62. The molecule has 1 fully saturated rings. The molecular formula is C37H38O8. The van der Waals surface area contributed by atoms with Crippen molar-refractivity contribution in [3.63, 3.8) is 0 Å². The number of carbonyl (C=O) groups is 1. The second kappa shape index (κ2) is 16.7. The predicted octanol–water partition coefficient (Wildman–Crippen LogP) is 5.88. The summed E-state index contributed by atoms with van der Waals surface area (Å²) in [6, 6.07) is 36.0. The first kappa shape index (κ1) is 32.1. The van der Waals surface area contributed by atoms with Crippen molar-refractivity contribution < 1.29 is 38.3 Å². The zero-order chi connectivity index (χ0) is 31.3. The van der Waals surface area contributed by atoms with E-state index in [0.29, 0.717) is 11.3 Å². The Hall–Kier alpha value is -4.31. The van der Waals surface area contributed by atoms with Crippen LogP contribution in [0.5, 0.6) is 5.75 Å². The minimum atomic E-state index is -0.971. The molecule has 0 aliphatic carbocycles. The van der Waals surface area contributed by atoms with E-state index in [9.17, 15) is 9.90 Å². The average molecular weight is 611 g/mol. The number of hydrogen-bond donors (Lipinski definition) is 1. The number of aliphatic hydroxyl groups excluding tert-OH is 1. The van der Waals surface area contributed by atoms with Crippen LogP contribution in [0.4, 0.5) is 0 Å². The molecule has 8 heteroatoms. The molecule has 0 bridgehead atoms. The van der Waals surface area contributed by atoms with E-state index < -0.39 is 36.7 Å². The van der Waals surface area contributed by atoms with Gasteiger partial charge < -0.3 is 33.5 Å². The maximum atomic E-state index is 12.3. The molecule has 1 saturated heterocycles. The molecular weight excluding hydrogens is 572 g/mol. The van der Waals surface area contributed by atoms with Gasteiger partial charge in [0.05, 0.1) is 32.0 Å². The first-order valence-corrected chi connectivity index (χ1v) is 14.9. The third kappa shape index (κ3) is 9.11. The minimum Gasteiger partial charge on any atom is -0.462 e. The van der Waals surface area contributed by atoms with Gasteiger partial charge in [-0.15, -0.1) is 0 Å². The lowest BCUT2D eigenvalue weighted by molar-refractivity contribution is -0.308. The first-order valence-electron chi connectivity index (χ1n) is 14.9. The molecule has 0 saturated carbocycles. The summed E-state index contributed by atoms with van der Waals surface area (Å²) in [5.74, 6) is -0.0247. The lowest BCUT2D eigenvalue weighted by Gasteiger charge is -2.45. The van der Waals surface area contributed by atoms with Crippen LogP contribution >= 0.6 is 0 Å². The highest BCUT2D eigenvalue weighted by Crippen LogP contribution is 2.32. The van der Waals surface area contributed by atoms with Gasteiger partial charge in [-0.25, -0.2) is 4.79 Å². The monoisotopic (exact) mass is 610 g/mol. The Morgan fingerprint density at radius 1 is 0.689 bits per heavy atom. The molecule has 0 spiro atoms. The van der Waals surface area contributed by atoms with Crippen molar-refractivity contribution in [3.05, 3.63) is 150 Å². The predicted molar refractivity (Wildman–Crippen MR) is 168 cm³/mol. The number of aliphatic hydroxyl groups is 1. The highest BCUT2D eigenvalue weighted by Gasteiger charge is 2.49. The van der Waals surface area contributed by atoms with E-state index in [4.69, 9.17) is 28.4 Å². The van der Waals surface area contributed by atoms with Crippen molar-refractivity contribution in [3.8, 4) is 5.75 Å². The zero-order valence-corrected chi connectivity index (χ0v) is 25.0. The maximum Gasteiger partial charge on any atom is 0.338 e. The van der Waals surface area contributed by atoms with E-state index >= 15 is 0 Å². The first-order chi connectivity index (χ1) is 22.1. The van der Waals surface area contributed by atoms with Crippen LogP contribution in [0.15, 0.2) is 128 Å². The largest absolute Gasteiger partial charge is 0.462 e. The van der Waals surface area contributed by atoms with Crippen LogP contribution in [0.3, 0.4) is 0 Å². The number of rotatable bonds is 15. The van der Waals surface area contributed by atoms with Gasteiger partial charge in [0, 0.05) is 0 Å². The number of hydrogen-bond acceptors (Lipinski definition) is 8. The molecule has 5 atom stereocenters. The molecule has 0 aromatic heterocycles. The summed E-state index contributed by atoms with van der Waals surface area (Å²) >= 11 is 0. The molecule has 0 unspecified atom stereocenters. The zero-order valence-electron chi connectivity index (χ0n) is 25.0. The fourth-order valence-corrected chi connectivity index (χ4v) is 5.01. The molecule has 5 rings (SSSR count). The molecule has 1 heterocycles. The summed E-state index contributed by atoms with van der Waals surface area (Å²) < 4.78 is 37.3. The van der Waals surface area contributed by atoms with Crippen LogP contribution in [0.1, 0.15) is 27.0 Å². The van der Waals surface area contributed by atoms with Gasteiger partial charge in [0.25, 0.3) is 0 Å². The molecule has 1 aliphatic heterocycles. The van der Waals surface area contributed by atoms with Crippen molar-refractivity contribution >= 4 is 5.97 Å². The molecule has 234 valence electrons. The van der Waals surface area contributed by atoms with E-state index in [-0.39, 0.29) is 33.0 Å². The molecule has 1 N–H and O–H groups in total. The standard InChI is InChI=1S/C37H38O8/c1-2-22-40-36(39)30-18-20-31(21-19-30)44-37-35(43-26-29-16-10-5-11-17-29)34(42-25-28-14-8-4-9-15-28)33(32(23-38)45-37)41-24-27-12-6-3-7-13-27/h2-21,32-35,37-38H,1,22-26H2/t32-,33-,34+,35-,37-/m1/s1. The van der Waals surface area contributed by atoms with Gasteiger partial charge in [0.1, 0.15) is 36.8 Å². The molecule has 0 amide bonds. The summed E-state index contributed by atoms with van der Waals surface area (Å²) in [5, 5.41) is 10.5. The van der Waals surface area contributed by atoms with Gasteiger partial charge in [0.15, 0.2) is 0 Å². The normalized spacial score (nSPS) is 21.1. The maximum absolute atomic E-state index is 12.3. The Bertz CT molecular complexity index is 1450. The van der Waals surface area contributed by atoms with Crippen molar-refractivity contribution in [2.24, 2.45) is 0 Å². The highest BCUT2D eigenvalue weighted by atomic mass is 16.7. The van der Waals surface area contributed by atoms with Crippen LogP contribution in [-0.2, 0) is 43.5 Å². The van der Waals surface area contributed by atoms with Gasteiger partial charge in [-0.05, 0) is 41.0 Å². The van der Waals surface area contributed by atoms with E-state index in [1.165, 1.54) is 6.08 Å². The number of ether oxygens (including phenoxy) is 6. The van der Waals surface area contributed by atoms with E-state index in [1.807, 2.05) is 91.0 Å². The second-order valence-corrected chi connectivity index (χ2v) is 10.5. The molecule has 8 nitrogen and oxygen atoms in total. The smallest absolute Gasteiger partial charge is 0.338 e. The number of benzene rings is 4. The summed E-state index contributed by atoms with van der Waals surface area (Å²) in [4.78, 5) is 12.3. The van der Waals surface area contributed by atoms with Crippen LogP contribution < -0.4 is 4.74 Å². The van der Waals surface area contributed by atoms with Gasteiger partial charge in [-0.1, -0.05) is 104 Å². The molecule has 4 aromatic carbocycles. The topological polar surface area (TPSA) is 92.7 Å². The Morgan fingerprint density at radius 3 is 1.67 bits per heavy atom. The van der Waals surface area contributed by atoms with Crippen LogP contribution in [-0.4, -0.2) is 55.0 Å². The Labute approximate surface area is 263 Å². The fourth-order valence-electron chi connectivity index (χ4n) is 5.01. The molecule has 4 aromatic rings. The second-order valence-electron chi connectivity index (χ2n) is 10.5. The Morgan fingerprint density at radius 2 is 1.18 bits per heavy atom. The lowest BCUT2D eigenvalue weighted by atomic mass is 9.97. The van der Waals surface area contributed by atoms with Crippen LogP contribution in [0.2, 0.25) is 0 Å². The molecule has 0 radical (unpaired) electrons. The quantitative estimate of drug-likeness (QED) is 0.132. The Balaban J connectivity index is 1.42. The fraction of sp³-hybridized carbons (Fsp3) is 0.270. The molecule has 45 heavy (non-hydrogen) atoms. The van der Waals surface area contributed by atoms with Gasteiger partial charge in [-0.3, -0.25) is 0 Å².